The number of nitrogens with zero attached hydrogens (tertiary/aromatic N) is 1. The molecule has 0 aliphatic rings. The van der Waals surface area contributed by atoms with Gasteiger partial charge in [-0.2, -0.15) is 0 Å². The summed E-state index contributed by atoms with van der Waals surface area (Å²) in [5.41, 5.74) is 20.6. The number of alkyl halides is 2. The van der Waals surface area contributed by atoms with Crippen molar-refractivity contribution in [2.24, 2.45) is 0 Å². The summed E-state index contributed by atoms with van der Waals surface area (Å²) in [6.45, 7) is 20.1. The highest BCUT2D eigenvalue weighted by molar-refractivity contribution is 6.96. The van der Waals surface area contributed by atoms with E-state index in [1.165, 1.54) is 83.1 Å². The second-order valence-corrected chi connectivity index (χ2v) is 12.8. The van der Waals surface area contributed by atoms with E-state index in [1.54, 1.807) is 0 Å². The average molecular weight is 606 g/mol. The highest BCUT2D eigenvalue weighted by Gasteiger charge is 2.29. The van der Waals surface area contributed by atoms with Crippen molar-refractivity contribution in [1.29, 1.82) is 0 Å². The quantitative estimate of drug-likeness (QED) is 0.144. The van der Waals surface area contributed by atoms with Gasteiger partial charge >= 0.3 is 0 Å². The summed E-state index contributed by atoms with van der Waals surface area (Å²) in [4.78, 5) is 5.14. The molecule has 0 aliphatic heterocycles. The number of rotatable bonds is 5. The van der Waals surface area contributed by atoms with Crippen LogP contribution in [0.4, 0.5) is 0 Å². The van der Waals surface area contributed by atoms with Crippen molar-refractivity contribution < 1.29 is 0 Å². The highest BCUT2D eigenvalue weighted by Crippen LogP contribution is 2.35. The Bertz CT molecular complexity index is 1630. The molecule has 0 unspecified atom stereocenters. The molecular formula is C39H42BCl2N. The Balaban J connectivity index is 0.00000135. The lowest BCUT2D eigenvalue weighted by molar-refractivity contribution is 1.31. The minimum atomic E-state index is 0.125. The van der Waals surface area contributed by atoms with E-state index < -0.39 is 0 Å². The summed E-state index contributed by atoms with van der Waals surface area (Å²) in [6, 6.07) is 27.0. The Morgan fingerprint density at radius 1 is 0.535 bits per heavy atom. The zero-order valence-electron chi connectivity index (χ0n) is 27.0. The van der Waals surface area contributed by atoms with E-state index in [0.717, 1.165) is 5.69 Å². The van der Waals surface area contributed by atoms with Crippen molar-refractivity contribution >= 4 is 46.3 Å². The van der Waals surface area contributed by atoms with Gasteiger partial charge in [0, 0.05) is 11.8 Å². The molecule has 4 aromatic carbocycles. The summed E-state index contributed by atoms with van der Waals surface area (Å²) in [7, 11) is 0. The predicted octanol–water partition coefficient (Wildman–Crippen LogP) is 9.13. The molecule has 0 fully saturated rings. The summed E-state index contributed by atoms with van der Waals surface area (Å²) < 4.78 is 0. The van der Waals surface area contributed by atoms with Gasteiger partial charge in [-0.25, -0.2) is 0 Å². The second kappa shape index (κ2) is 14.0. The van der Waals surface area contributed by atoms with Gasteiger partial charge in [-0.15, -0.1) is 23.2 Å². The molecule has 43 heavy (non-hydrogen) atoms. The number of benzene rings is 4. The van der Waals surface area contributed by atoms with Crippen molar-refractivity contribution in [3.8, 4) is 22.4 Å². The average Bonchev–Trinajstić information content (AvgIpc) is 2.91. The Morgan fingerprint density at radius 2 is 0.930 bits per heavy atom. The van der Waals surface area contributed by atoms with Crippen LogP contribution >= 0.6 is 23.2 Å². The second-order valence-electron chi connectivity index (χ2n) is 12.0. The van der Waals surface area contributed by atoms with E-state index in [2.05, 4.69) is 141 Å². The van der Waals surface area contributed by atoms with Crippen molar-refractivity contribution in [2.45, 2.75) is 62.3 Å². The van der Waals surface area contributed by atoms with Crippen LogP contribution in [0.1, 0.15) is 50.1 Å². The third-order valence-electron chi connectivity index (χ3n) is 8.32. The molecule has 1 aromatic heterocycles. The molecule has 0 amide bonds. The van der Waals surface area contributed by atoms with Crippen molar-refractivity contribution in [1.82, 2.24) is 4.98 Å². The van der Waals surface area contributed by atoms with E-state index in [1.807, 2.05) is 0 Å². The fourth-order valence-corrected chi connectivity index (χ4v) is 7.04. The van der Waals surface area contributed by atoms with Gasteiger partial charge < -0.3 is 0 Å². The molecule has 5 rings (SSSR count). The maximum absolute atomic E-state index is 5.14. The molecule has 0 aliphatic carbocycles. The summed E-state index contributed by atoms with van der Waals surface area (Å²) in [5, 5.41) is 0.194. The van der Waals surface area contributed by atoms with Crippen molar-refractivity contribution in [2.75, 3.05) is 5.34 Å². The fraction of sp³-hybridized carbons (Fsp3) is 0.256. The summed E-state index contributed by atoms with van der Waals surface area (Å²) >= 11 is 9.53. The molecule has 0 saturated heterocycles. The third-order valence-corrected chi connectivity index (χ3v) is 8.32. The maximum Gasteiger partial charge on any atom is 0.244 e. The first kappa shape index (κ1) is 32.6. The molecule has 1 heterocycles. The van der Waals surface area contributed by atoms with Crippen LogP contribution < -0.4 is 16.4 Å². The summed E-state index contributed by atoms with van der Waals surface area (Å²) in [6.07, 6.45) is 2.11. The van der Waals surface area contributed by atoms with Crippen molar-refractivity contribution in [3.05, 3.63) is 129 Å². The standard InChI is InChI=1S/C38H40BN.CH2Cl2/c1-23-16-26(4)36(27(5)17-23)34-13-11-10-12-33(34)35-15-14-32(22-40-35)39(37-28(6)18-24(2)19-29(37)7)38-30(8)20-25(3)21-31(38)9;2-1-3/h10-22H,1-9H3;1H2. The molecule has 1 nitrogen and oxygen atoms in total. The SMILES string of the molecule is Cc1cc(C)c(B(c2ccc(-c3ccccc3-c3c(C)cc(C)cc3C)nc2)c2c(C)cc(C)cc2C)c(C)c1.ClCCl. The Kier molecular flexibility index (Phi) is 10.6. The van der Waals surface area contributed by atoms with E-state index in [4.69, 9.17) is 28.2 Å². The van der Waals surface area contributed by atoms with Crippen LogP contribution in [0.25, 0.3) is 22.4 Å². The van der Waals surface area contributed by atoms with E-state index >= 15 is 0 Å². The van der Waals surface area contributed by atoms with Gasteiger partial charge in [-0.3, -0.25) is 4.98 Å². The number of aryl methyl sites for hydroxylation is 9. The van der Waals surface area contributed by atoms with Gasteiger partial charge in [0.05, 0.1) is 11.0 Å². The van der Waals surface area contributed by atoms with Gasteiger partial charge in [-0.05, 0) is 90.6 Å². The lowest BCUT2D eigenvalue weighted by Crippen LogP contribution is -2.56. The predicted molar refractivity (Wildman–Crippen MR) is 192 cm³/mol. The normalized spacial score (nSPS) is 10.8. The number of pyridine rings is 1. The molecule has 0 spiro atoms. The highest BCUT2D eigenvalue weighted by atomic mass is 35.5. The van der Waals surface area contributed by atoms with Crippen LogP contribution in [-0.4, -0.2) is 17.0 Å². The van der Waals surface area contributed by atoms with Crippen LogP contribution in [0.2, 0.25) is 0 Å². The van der Waals surface area contributed by atoms with Gasteiger partial charge in [0.1, 0.15) is 0 Å². The van der Waals surface area contributed by atoms with E-state index in [-0.39, 0.29) is 12.1 Å². The van der Waals surface area contributed by atoms with Gasteiger partial charge in [0.15, 0.2) is 0 Å². The number of aromatic nitrogens is 1. The maximum atomic E-state index is 5.14. The zero-order valence-corrected chi connectivity index (χ0v) is 28.5. The largest absolute Gasteiger partial charge is 0.257 e. The Hall–Kier alpha value is -3.33. The topological polar surface area (TPSA) is 12.9 Å². The molecule has 5 aromatic rings. The molecule has 0 N–H and O–H groups in total. The lowest BCUT2D eigenvalue weighted by Gasteiger charge is -2.24. The molecular weight excluding hydrogens is 564 g/mol. The molecule has 4 heteroatoms. The Morgan fingerprint density at radius 3 is 1.33 bits per heavy atom. The summed E-state index contributed by atoms with van der Waals surface area (Å²) in [5.74, 6) is 0. The molecule has 0 saturated carbocycles. The van der Waals surface area contributed by atoms with E-state index in [0.29, 0.717) is 0 Å². The lowest BCUT2D eigenvalue weighted by atomic mass is 9.34. The van der Waals surface area contributed by atoms with Crippen LogP contribution in [0, 0.1) is 62.3 Å². The molecule has 0 bridgehead atoms. The number of hydrogen-bond donors (Lipinski definition) is 0. The molecule has 0 radical (unpaired) electrons. The number of hydrogen-bond acceptors (Lipinski definition) is 1. The smallest absolute Gasteiger partial charge is 0.244 e. The minimum absolute atomic E-state index is 0.125. The first-order valence-electron chi connectivity index (χ1n) is 14.9. The van der Waals surface area contributed by atoms with Gasteiger partial charge in [-0.1, -0.05) is 122 Å². The van der Waals surface area contributed by atoms with E-state index in [9.17, 15) is 0 Å². The third kappa shape index (κ3) is 7.09. The van der Waals surface area contributed by atoms with Crippen molar-refractivity contribution in [3.63, 3.8) is 0 Å². The molecule has 0 atom stereocenters. The van der Waals surface area contributed by atoms with Crippen LogP contribution in [0.15, 0.2) is 79.0 Å². The van der Waals surface area contributed by atoms with Gasteiger partial charge in [0.25, 0.3) is 0 Å². The van der Waals surface area contributed by atoms with Crippen LogP contribution in [0.5, 0.6) is 0 Å². The van der Waals surface area contributed by atoms with Gasteiger partial charge in [0.2, 0.25) is 6.71 Å². The first-order chi connectivity index (χ1) is 20.5. The monoisotopic (exact) mass is 605 g/mol. The minimum Gasteiger partial charge on any atom is -0.257 e. The molecule has 220 valence electrons. The zero-order chi connectivity index (χ0) is 31.4. The first-order valence-corrected chi connectivity index (χ1v) is 15.9. The van der Waals surface area contributed by atoms with Crippen LogP contribution in [-0.2, 0) is 0 Å². The fourth-order valence-electron chi connectivity index (χ4n) is 7.04. The van der Waals surface area contributed by atoms with Crippen LogP contribution in [0.3, 0.4) is 0 Å². The number of halogens is 2. The Labute approximate surface area is 269 Å².